The Balaban J connectivity index is 1.89. The van der Waals surface area contributed by atoms with Crippen LogP contribution in [0, 0.1) is 0 Å². The van der Waals surface area contributed by atoms with Crippen molar-refractivity contribution in [1.82, 2.24) is 10.3 Å². The summed E-state index contributed by atoms with van der Waals surface area (Å²) >= 11 is 0. The fraction of sp³-hybridized carbons (Fsp3) is 0.600. The summed E-state index contributed by atoms with van der Waals surface area (Å²) in [6, 6.07) is 4.09. The number of aliphatic imine (C=N–C) groups is 1. The Bertz CT molecular complexity index is 460. The number of nitrogens with one attached hydrogen (secondary N) is 1. The Hall–Kier alpha value is -1.82. The highest BCUT2D eigenvalue weighted by atomic mass is 16.5. The molecule has 1 atom stereocenters. The zero-order valence-corrected chi connectivity index (χ0v) is 12.9. The van der Waals surface area contributed by atoms with Gasteiger partial charge in [0.05, 0.1) is 19.3 Å². The molecule has 0 bridgehead atoms. The van der Waals surface area contributed by atoms with Crippen LogP contribution in [0.4, 0.5) is 5.82 Å². The van der Waals surface area contributed by atoms with Gasteiger partial charge in [0.1, 0.15) is 5.82 Å². The Morgan fingerprint density at radius 3 is 3.10 bits per heavy atom. The number of anilines is 1. The fourth-order valence-electron chi connectivity index (χ4n) is 2.21. The average Bonchev–Trinajstić information content (AvgIpc) is 2.51. The standard InChI is InChI=1S/C15H25N5O/c1-3-6-17-15(16)19-10-13-4-5-14(18-9-13)20-7-8-21-12(2)11-20/h4-5,9,12H,3,6-8,10-11H2,1-2H3,(H3,16,17,19). The van der Waals surface area contributed by atoms with Gasteiger partial charge in [-0.05, 0) is 25.0 Å². The first kappa shape index (κ1) is 15.6. The first-order valence-corrected chi connectivity index (χ1v) is 7.54. The summed E-state index contributed by atoms with van der Waals surface area (Å²) in [5.41, 5.74) is 6.82. The smallest absolute Gasteiger partial charge is 0.188 e. The molecule has 1 aromatic heterocycles. The molecule has 1 aliphatic heterocycles. The van der Waals surface area contributed by atoms with Gasteiger partial charge in [0, 0.05) is 25.8 Å². The maximum atomic E-state index is 5.77. The zero-order chi connectivity index (χ0) is 15.1. The lowest BCUT2D eigenvalue weighted by Gasteiger charge is -2.32. The molecule has 2 heterocycles. The molecule has 1 unspecified atom stereocenters. The summed E-state index contributed by atoms with van der Waals surface area (Å²) in [5.74, 6) is 1.48. The molecule has 0 aliphatic carbocycles. The lowest BCUT2D eigenvalue weighted by molar-refractivity contribution is 0.0529. The van der Waals surface area contributed by atoms with Gasteiger partial charge in [-0.25, -0.2) is 9.98 Å². The van der Waals surface area contributed by atoms with Gasteiger partial charge in [0.15, 0.2) is 5.96 Å². The van der Waals surface area contributed by atoms with Crippen LogP contribution in [0.5, 0.6) is 0 Å². The molecule has 1 aromatic rings. The molecule has 6 nitrogen and oxygen atoms in total. The summed E-state index contributed by atoms with van der Waals surface area (Å²) in [6.45, 7) is 8.11. The minimum absolute atomic E-state index is 0.259. The molecule has 0 spiro atoms. The fourth-order valence-corrected chi connectivity index (χ4v) is 2.21. The molecular weight excluding hydrogens is 266 g/mol. The number of aromatic nitrogens is 1. The second kappa shape index (κ2) is 7.83. The third-order valence-corrected chi connectivity index (χ3v) is 3.36. The van der Waals surface area contributed by atoms with Crippen molar-refractivity contribution in [2.75, 3.05) is 31.1 Å². The molecule has 2 rings (SSSR count). The van der Waals surface area contributed by atoms with E-state index in [9.17, 15) is 0 Å². The Kier molecular flexibility index (Phi) is 5.80. The third-order valence-electron chi connectivity index (χ3n) is 3.36. The minimum Gasteiger partial charge on any atom is -0.375 e. The molecule has 3 N–H and O–H groups in total. The van der Waals surface area contributed by atoms with Crippen LogP contribution in [0.1, 0.15) is 25.8 Å². The number of hydrogen-bond donors (Lipinski definition) is 2. The van der Waals surface area contributed by atoms with Gasteiger partial charge in [-0.2, -0.15) is 0 Å². The summed E-state index contributed by atoms with van der Waals surface area (Å²) in [6.07, 6.45) is 3.16. The second-order valence-electron chi connectivity index (χ2n) is 5.28. The van der Waals surface area contributed by atoms with E-state index in [0.717, 1.165) is 44.0 Å². The van der Waals surface area contributed by atoms with Crippen LogP contribution in [0.3, 0.4) is 0 Å². The van der Waals surface area contributed by atoms with E-state index in [2.05, 4.69) is 40.1 Å². The molecule has 1 aliphatic rings. The topological polar surface area (TPSA) is 75.8 Å². The van der Waals surface area contributed by atoms with Crippen LogP contribution in [-0.2, 0) is 11.3 Å². The third kappa shape index (κ3) is 4.90. The van der Waals surface area contributed by atoms with Gasteiger partial charge in [-0.15, -0.1) is 0 Å². The summed E-state index contributed by atoms with van der Waals surface area (Å²) in [7, 11) is 0. The SMILES string of the molecule is CCCNC(N)=NCc1ccc(N2CCOC(C)C2)nc1. The van der Waals surface area contributed by atoms with Crippen molar-refractivity contribution in [3.05, 3.63) is 23.9 Å². The Labute approximate surface area is 126 Å². The number of pyridine rings is 1. The van der Waals surface area contributed by atoms with Gasteiger partial charge in [0.2, 0.25) is 0 Å². The van der Waals surface area contributed by atoms with E-state index in [0.29, 0.717) is 12.5 Å². The number of ether oxygens (including phenoxy) is 1. The molecule has 0 radical (unpaired) electrons. The predicted molar refractivity (Wildman–Crippen MR) is 85.5 cm³/mol. The number of hydrogen-bond acceptors (Lipinski definition) is 4. The number of guanidine groups is 1. The van der Waals surface area contributed by atoms with Crippen molar-refractivity contribution < 1.29 is 4.74 Å². The summed E-state index contributed by atoms with van der Waals surface area (Å²) in [5, 5.41) is 3.06. The highest BCUT2D eigenvalue weighted by Gasteiger charge is 2.17. The molecule has 0 amide bonds. The van der Waals surface area contributed by atoms with Crippen molar-refractivity contribution in [2.45, 2.75) is 32.9 Å². The van der Waals surface area contributed by atoms with Crippen molar-refractivity contribution in [3.63, 3.8) is 0 Å². The number of rotatable bonds is 5. The van der Waals surface area contributed by atoms with E-state index >= 15 is 0 Å². The second-order valence-corrected chi connectivity index (χ2v) is 5.28. The molecule has 6 heteroatoms. The van der Waals surface area contributed by atoms with Crippen molar-refractivity contribution in [1.29, 1.82) is 0 Å². The van der Waals surface area contributed by atoms with Crippen LogP contribution in [0.2, 0.25) is 0 Å². The Morgan fingerprint density at radius 2 is 2.43 bits per heavy atom. The maximum absolute atomic E-state index is 5.77. The highest BCUT2D eigenvalue weighted by molar-refractivity contribution is 5.77. The molecule has 21 heavy (non-hydrogen) atoms. The first-order valence-electron chi connectivity index (χ1n) is 7.54. The molecule has 0 saturated carbocycles. The van der Waals surface area contributed by atoms with E-state index < -0.39 is 0 Å². The highest BCUT2D eigenvalue weighted by Crippen LogP contribution is 2.15. The van der Waals surface area contributed by atoms with E-state index in [1.807, 2.05) is 12.3 Å². The van der Waals surface area contributed by atoms with Gasteiger partial charge in [-0.3, -0.25) is 0 Å². The lowest BCUT2D eigenvalue weighted by Crippen LogP contribution is -2.41. The molecule has 1 fully saturated rings. The van der Waals surface area contributed by atoms with Crippen molar-refractivity contribution >= 4 is 11.8 Å². The van der Waals surface area contributed by atoms with E-state index in [4.69, 9.17) is 10.5 Å². The van der Waals surface area contributed by atoms with Crippen LogP contribution in [-0.4, -0.2) is 43.3 Å². The summed E-state index contributed by atoms with van der Waals surface area (Å²) < 4.78 is 5.54. The van der Waals surface area contributed by atoms with Crippen molar-refractivity contribution in [3.8, 4) is 0 Å². The molecule has 1 saturated heterocycles. The number of nitrogens with zero attached hydrogens (tertiary/aromatic N) is 3. The van der Waals surface area contributed by atoms with Gasteiger partial charge in [0.25, 0.3) is 0 Å². The van der Waals surface area contributed by atoms with Gasteiger partial charge in [-0.1, -0.05) is 13.0 Å². The van der Waals surface area contributed by atoms with Crippen LogP contribution in [0.25, 0.3) is 0 Å². The minimum atomic E-state index is 0.259. The molecule has 0 aromatic carbocycles. The molecular formula is C15H25N5O. The monoisotopic (exact) mass is 291 g/mol. The first-order chi connectivity index (χ1) is 10.2. The molecule has 116 valence electrons. The lowest BCUT2D eigenvalue weighted by atomic mass is 10.2. The zero-order valence-electron chi connectivity index (χ0n) is 12.9. The van der Waals surface area contributed by atoms with E-state index in [-0.39, 0.29) is 6.10 Å². The average molecular weight is 291 g/mol. The van der Waals surface area contributed by atoms with Crippen molar-refractivity contribution in [2.24, 2.45) is 10.7 Å². The number of morpholine rings is 1. The maximum Gasteiger partial charge on any atom is 0.188 e. The van der Waals surface area contributed by atoms with Crippen LogP contribution < -0.4 is 16.0 Å². The largest absolute Gasteiger partial charge is 0.375 e. The summed E-state index contributed by atoms with van der Waals surface area (Å²) in [4.78, 5) is 11.1. The number of nitrogens with two attached hydrogens (primary N) is 1. The van der Waals surface area contributed by atoms with Gasteiger partial charge < -0.3 is 20.7 Å². The van der Waals surface area contributed by atoms with E-state index in [1.165, 1.54) is 0 Å². The normalized spacial score (nSPS) is 19.6. The quantitative estimate of drug-likeness (QED) is 0.628. The van der Waals surface area contributed by atoms with Crippen LogP contribution >= 0.6 is 0 Å². The predicted octanol–water partition coefficient (Wildman–Crippen LogP) is 1.12. The van der Waals surface area contributed by atoms with Gasteiger partial charge >= 0.3 is 0 Å². The van der Waals surface area contributed by atoms with E-state index in [1.54, 1.807) is 0 Å². The van der Waals surface area contributed by atoms with Crippen LogP contribution in [0.15, 0.2) is 23.3 Å². The Morgan fingerprint density at radius 1 is 1.57 bits per heavy atom.